The van der Waals surface area contributed by atoms with Gasteiger partial charge in [-0.15, -0.1) is 0 Å². The molecule has 1 saturated carbocycles. The zero-order valence-corrected chi connectivity index (χ0v) is 41.9. The Balaban J connectivity index is 1.73. The first-order valence-electron chi connectivity index (χ1n) is 24.8. The number of ketones is 2. The summed E-state index contributed by atoms with van der Waals surface area (Å²) >= 11 is 0. The van der Waals surface area contributed by atoms with Crippen LogP contribution in [0, 0.1) is 29.6 Å². The molecule has 4 aliphatic rings. The summed E-state index contributed by atoms with van der Waals surface area (Å²) in [6.07, 6.45) is 10.4. The lowest BCUT2D eigenvalue weighted by atomic mass is 9.79. The van der Waals surface area contributed by atoms with E-state index in [1.54, 1.807) is 41.1 Å². The third kappa shape index (κ3) is 15.1. The van der Waals surface area contributed by atoms with E-state index in [0.29, 0.717) is 69.8 Å². The van der Waals surface area contributed by atoms with E-state index in [2.05, 4.69) is 10.0 Å². The van der Waals surface area contributed by atoms with E-state index in [1.165, 1.54) is 4.90 Å². The summed E-state index contributed by atoms with van der Waals surface area (Å²) in [5.74, 6) is -7.54. The number of aliphatic hydroxyl groups excluding tert-OH is 2. The number of azide groups is 1. The van der Waals surface area contributed by atoms with Gasteiger partial charge in [0.15, 0.2) is 5.78 Å². The number of nitrogens with zero attached hydrogens (tertiary/aromatic N) is 4. The molecule has 382 valence electrons. The highest BCUT2D eigenvalue weighted by atomic mass is 16.6. The van der Waals surface area contributed by atoms with Gasteiger partial charge in [0.05, 0.1) is 30.5 Å². The molecule has 4 rings (SSSR count). The number of amides is 1. The second kappa shape index (κ2) is 27.0. The topological polar surface area (TPSA) is 253 Å². The molecular formula is C51H81N5O12. The first-order valence-corrected chi connectivity index (χ1v) is 24.8. The molecule has 0 radical (unpaired) electrons. The smallest absolute Gasteiger partial charge is 0.329 e. The van der Waals surface area contributed by atoms with Crippen LogP contribution in [-0.2, 0) is 42.9 Å². The van der Waals surface area contributed by atoms with Crippen molar-refractivity contribution in [1.29, 1.82) is 0 Å². The van der Waals surface area contributed by atoms with Crippen molar-refractivity contribution in [2.24, 2.45) is 40.4 Å². The quantitative estimate of drug-likeness (QED) is 0.0516. The van der Waals surface area contributed by atoms with E-state index in [9.17, 15) is 34.5 Å². The van der Waals surface area contributed by atoms with E-state index in [-0.39, 0.29) is 50.0 Å². The van der Waals surface area contributed by atoms with Gasteiger partial charge in [0.1, 0.15) is 24.4 Å². The lowest BCUT2D eigenvalue weighted by molar-refractivity contribution is -0.265. The fourth-order valence-corrected chi connectivity index (χ4v) is 10.4. The molecule has 3 heterocycles. The minimum absolute atomic E-state index is 0.0254. The van der Waals surface area contributed by atoms with Gasteiger partial charge >= 0.3 is 5.97 Å². The van der Waals surface area contributed by atoms with Crippen LogP contribution in [0.1, 0.15) is 126 Å². The molecule has 2 bridgehead atoms. The normalized spacial score (nSPS) is 40.0. The van der Waals surface area contributed by atoms with Crippen molar-refractivity contribution in [3.05, 3.63) is 58.0 Å². The molecule has 17 nitrogen and oxygen atoms in total. The average Bonchev–Trinajstić information content (AvgIpc) is 3.32. The lowest BCUT2D eigenvalue weighted by Crippen LogP contribution is -2.61. The van der Waals surface area contributed by atoms with Crippen LogP contribution in [0.3, 0.4) is 0 Å². The summed E-state index contributed by atoms with van der Waals surface area (Å²) < 4.78 is 30.3. The Morgan fingerprint density at radius 1 is 0.912 bits per heavy atom. The monoisotopic (exact) mass is 956 g/mol. The van der Waals surface area contributed by atoms with Crippen molar-refractivity contribution in [3.8, 4) is 0 Å². The van der Waals surface area contributed by atoms with E-state index in [0.717, 1.165) is 5.57 Å². The zero-order chi connectivity index (χ0) is 50.3. The predicted molar refractivity (Wildman–Crippen MR) is 256 cm³/mol. The Hall–Kier alpha value is -3.77. The maximum atomic E-state index is 14.5. The van der Waals surface area contributed by atoms with Gasteiger partial charge < -0.3 is 49.6 Å². The standard InChI is InChI=1S/C51H81N5O12/c1-10-66-42-29-43(38(52)26-36-20-22-39(54-55-53)44(27-36)65-9)67-50(62)40-18-14-15-23-56(40)49(61)48(60)51(63)35(7)19-21-37(68-51)28-41(64-8)31(3)17-13-11-12-16-30(2)24-33(5)45(57)47(59)46(58)34(6)25-32(42)4/h11-13,16-17,25,30,32-33,35-44,46-47,58-59,63H,10,14-15,18-24,26-29,52H2,1-9H3/b13-11+,16-12+,31-17+,34-25+/t30-,32-,33-,35-,36+,37+,38-,39?,40+,41+,42-,43+,44-,46-,47+,51-/m1/s1. The molecular weight excluding hydrogens is 875 g/mol. The number of allylic oxidation sites excluding steroid dienone is 5. The second-order valence-corrected chi connectivity index (χ2v) is 19.9. The summed E-state index contributed by atoms with van der Waals surface area (Å²) in [7, 11) is 3.14. The highest BCUT2D eigenvalue weighted by molar-refractivity contribution is 6.39. The highest BCUT2D eigenvalue weighted by Gasteiger charge is 2.53. The Labute approximate surface area is 403 Å². The van der Waals surface area contributed by atoms with E-state index >= 15 is 0 Å². The van der Waals surface area contributed by atoms with Crippen LogP contribution >= 0.6 is 0 Å². The second-order valence-electron chi connectivity index (χ2n) is 19.9. The summed E-state index contributed by atoms with van der Waals surface area (Å²) in [5.41, 5.74) is 17.4. The van der Waals surface area contributed by atoms with Crippen LogP contribution in [0.4, 0.5) is 0 Å². The Morgan fingerprint density at radius 2 is 1.65 bits per heavy atom. The molecule has 1 amide bonds. The van der Waals surface area contributed by atoms with Crippen molar-refractivity contribution >= 4 is 23.4 Å². The number of hydrogen-bond donors (Lipinski definition) is 4. The van der Waals surface area contributed by atoms with E-state index < -0.39 is 95.7 Å². The number of Topliss-reactive ketones (excluding diaryl/α,β-unsaturated/α-hetero) is 2. The number of ether oxygens (including phenoxy) is 5. The third-order valence-electron chi connectivity index (χ3n) is 14.7. The number of carbonyl (C=O) groups excluding carboxylic acids is 4. The average molecular weight is 956 g/mol. The van der Waals surface area contributed by atoms with Crippen LogP contribution in [0.5, 0.6) is 0 Å². The number of rotatable bonds is 8. The molecule has 0 aromatic heterocycles. The van der Waals surface area contributed by atoms with Crippen LogP contribution in [-0.4, -0.2) is 138 Å². The molecule has 0 aromatic carbocycles. The minimum Gasteiger partial charge on any atom is -0.459 e. The zero-order valence-electron chi connectivity index (χ0n) is 41.9. The van der Waals surface area contributed by atoms with Crippen molar-refractivity contribution in [2.45, 2.75) is 192 Å². The highest BCUT2D eigenvalue weighted by Crippen LogP contribution is 2.37. The van der Waals surface area contributed by atoms with Gasteiger partial charge in [0.25, 0.3) is 11.7 Å². The summed E-state index contributed by atoms with van der Waals surface area (Å²) in [6.45, 7) is 13.0. The number of piperidine rings is 1. The van der Waals surface area contributed by atoms with Crippen molar-refractivity contribution < 1.29 is 58.2 Å². The number of hydrogen-bond acceptors (Lipinski definition) is 14. The molecule has 68 heavy (non-hydrogen) atoms. The van der Waals surface area contributed by atoms with Crippen molar-refractivity contribution in [1.82, 2.24) is 4.90 Å². The Bertz CT molecular complexity index is 1870. The van der Waals surface area contributed by atoms with Crippen LogP contribution in [0.2, 0.25) is 0 Å². The number of fused-ring (bicyclic) bond motifs is 3. The number of nitrogens with two attached hydrogens (primary N) is 1. The maximum absolute atomic E-state index is 14.5. The molecule has 2 saturated heterocycles. The van der Waals surface area contributed by atoms with Gasteiger partial charge in [-0.1, -0.05) is 69.3 Å². The summed E-state index contributed by atoms with van der Waals surface area (Å²) in [5, 5.41) is 38.4. The SMILES string of the molecule is CCO[C@@H]1C[C@@H]([C@H](N)C[C@@H]2CCC(N=[N+]=[N-])[C@H](OC)C2)OC(=O)[C@@H]2CCCCN2C(=O)C(=O)[C@]2(O)O[C@@H](CC[C@H]2C)C[C@H](OC)/C(C)=C/C=C/C=C/[C@@H](C)C[C@@H](C)C(=O)[C@H](O)[C@H](O)/C(C)=C/[C@H]1C. The Morgan fingerprint density at radius 3 is 2.32 bits per heavy atom. The van der Waals surface area contributed by atoms with Gasteiger partial charge in [-0.3, -0.25) is 14.4 Å². The maximum Gasteiger partial charge on any atom is 0.329 e. The fraction of sp³-hybridized carbons (Fsp3) is 0.765. The molecule has 1 aliphatic carbocycles. The van der Waals surface area contributed by atoms with Crippen molar-refractivity contribution in [3.63, 3.8) is 0 Å². The van der Waals surface area contributed by atoms with E-state index in [1.807, 2.05) is 58.1 Å². The fourth-order valence-electron chi connectivity index (χ4n) is 10.4. The van der Waals surface area contributed by atoms with Gasteiger partial charge in [-0.05, 0) is 113 Å². The number of methoxy groups -OCH3 is 2. The molecule has 0 aromatic rings. The first kappa shape index (κ1) is 56.8. The van der Waals surface area contributed by atoms with Crippen LogP contribution in [0.25, 0.3) is 10.4 Å². The van der Waals surface area contributed by atoms with Crippen LogP contribution in [0.15, 0.2) is 52.7 Å². The largest absolute Gasteiger partial charge is 0.459 e. The van der Waals surface area contributed by atoms with Gasteiger partial charge in [-0.25, -0.2) is 4.79 Å². The predicted octanol–water partition coefficient (Wildman–Crippen LogP) is 6.37. The molecule has 5 N–H and O–H groups in total. The number of cyclic esters (lactones) is 1. The third-order valence-corrected chi connectivity index (χ3v) is 14.7. The van der Waals surface area contributed by atoms with E-state index in [4.69, 9.17) is 34.9 Å². The molecule has 3 fully saturated rings. The molecule has 0 spiro atoms. The van der Waals surface area contributed by atoms with Gasteiger partial charge in [0.2, 0.25) is 5.79 Å². The number of carbonyl (C=O) groups is 4. The summed E-state index contributed by atoms with van der Waals surface area (Å²) in [4.78, 5) is 60.8. The summed E-state index contributed by atoms with van der Waals surface area (Å²) in [6, 6.07) is -2.22. The molecule has 17 heteroatoms. The van der Waals surface area contributed by atoms with Crippen molar-refractivity contribution in [2.75, 3.05) is 27.4 Å². The number of esters is 1. The minimum atomic E-state index is -2.44. The number of aliphatic hydroxyl groups is 3. The van der Waals surface area contributed by atoms with Gasteiger partial charge in [-0.2, -0.15) is 0 Å². The molecule has 16 atom stereocenters. The molecule has 3 aliphatic heterocycles. The first-order chi connectivity index (χ1) is 32.3. The lowest BCUT2D eigenvalue weighted by Gasteiger charge is -2.43. The Kier molecular flexibility index (Phi) is 22.6. The van der Waals surface area contributed by atoms with Gasteiger partial charge in [0, 0.05) is 68.9 Å². The molecule has 1 unspecified atom stereocenters. The van der Waals surface area contributed by atoms with Crippen LogP contribution < -0.4 is 5.73 Å².